The molecule has 28 heavy (non-hydrogen) atoms. The van der Waals surface area contributed by atoms with Crippen molar-refractivity contribution in [2.24, 2.45) is 10.9 Å². The van der Waals surface area contributed by atoms with Crippen molar-refractivity contribution in [3.05, 3.63) is 54.2 Å². The number of ether oxygens (including phenoxy) is 1. The Labute approximate surface area is 167 Å². The lowest BCUT2D eigenvalue weighted by Crippen LogP contribution is -2.52. The summed E-state index contributed by atoms with van der Waals surface area (Å²) in [6.45, 7) is 5.42. The first-order chi connectivity index (χ1) is 13.8. The number of rotatable bonds is 6. The normalized spacial score (nSPS) is 17.5. The van der Waals surface area contributed by atoms with Crippen molar-refractivity contribution in [2.45, 2.75) is 19.4 Å². The number of aromatic nitrogens is 1. The molecule has 148 valence electrons. The molecule has 0 radical (unpaired) electrons. The molecular weight excluding hydrogens is 350 g/mol. The zero-order chi connectivity index (χ0) is 19.2. The maximum absolute atomic E-state index is 5.71. The van der Waals surface area contributed by atoms with Crippen LogP contribution in [0.25, 0.3) is 0 Å². The summed E-state index contributed by atoms with van der Waals surface area (Å²) in [6.07, 6.45) is 4.47. The van der Waals surface area contributed by atoms with E-state index in [9.17, 15) is 0 Å². The van der Waals surface area contributed by atoms with Crippen molar-refractivity contribution in [3.8, 4) is 5.88 Å². The molecule has 6 heteroatoms. The third-order valence-electron chi connectivity index (χ3n) is 5.32. The molecule has 1 aliphatic heterocycles. The van der Waals surface area contributed by atoms with E-state index in [1.54, 1.807) is 0 Å². The van der Waals surface area contributed by atoms with Gasteiger partial charge >= 0.3 is 0 Å². The highest BCUT2D eigenvalue weighted by atomic mass is 16.5. The summed E-state index contributed by atoms with van der Waals surface area (Å²) in [5.41, 5.74) is 2.42. The van der Waals surface area contributed by atoms with E-state index in [4.69, 9.17) is 4.74 Å². The van der Waals surface area contributed by atoms with Crippen LogP contribution in [-0.4, -0.2) is 55.7 Å². The molecule has 2 aliphatic rings. The SMILES string of the molecule is CN=C(NCc1ccc(OCC2CC2)nc1)N1CCN(c2ccccc2)CC1. The number of piperazine rings is 1. The Morgan fingerprint density at radius 3 is 2.54 bits per heavy atom. The molecule has 1 saturated carbocycles. The predicted molar refractivity (Wildman–Crippen MR) is 113 cm³/mol. The molecule has 1 aromatic carbocycles. The molecule has 4 rings (SSSR count). The zero-order valence-electron chi connectivity index (χ0n) is 16.6. The number of benzene rings is 1. The molecule has 2 heterocycles. The Kier molecular flexibility index (Phi) is 5.95. The van der Waals surface area contributed by atoms with Gasteiger partial charge in [-0.3, -0.25) is 4.99 Å². The molecule has 1 N–H and O–H groups in total. The number of pyridine rings is 1. The molecule has 1 aliphatic carbocycles. The van der Waals surface area contributed by atoms with E-state index in [0.29, 0.717) is 6.54 Å². The van der Waals surface area contributed by atoms with Crippen molar-refractivity contribution in [2.75, 3.05) is 44.7 Å². The second-order valence-corrected chi connectivity index (χ2v) is 7.47. The highest BCUT2D eigenvalue weighted by molar-refractivity contribution is 5.80. The molecule has 0 bridgehead atoms. The van der Waals surface area contributed by atoms with Crippen molar-refractivity contribution < 1.29 is 4.74 Å². The summed E-state index contributed by atoms with van der Waals surface area (Å²) in [5.74, 6) is 2.41. The summed E-state index contributed by atoms with van der Waals surface area (Å²) in [6, 6.07) is 14.6. The van der Waals surface area contributed by atoms with Gasteiger partial charge in [-0.2, -0.15) is 0 Å². The van der Waals surface area contributed by atoms with Crippen LogP contribution in [0.15, 0.2) is 53.7 Å². The van der Waals surface area contributed by atoms with Gasteiger partial charge in [0.1, 0.15) is 0 Å². The van der Waals surface area contributed by atoms with Gasteiger partial charge in [-0.25, -0.2) is 4.98 Å². The smallest absolute Gasteiger partial charge is 0.213 e. The highest BCUT2D eigenvalue weighted by Gasteiger charge is 2.22. The maximum atomic E-state index is 5.71. The summed E-state index contributed by atoms with van der Waals surface area (Å²) in [5, 5.41) is 3.47. The van der Waals surface area contributed by atoms with Gasteiger partial charge in [-0.15, -0.1) is 0 Å². The third kappa shape index (κ3) is 4.94. The number of anilines is 1. The van der Waals surface area contributed by atoms with Crippen LogP contribution in [0.4, 0.5) is 5.69 Å². The van der Waals surface area contributed by atoms with Gasteiger partial charge in [0.05, 0.1) is 6.61 Å². The van der Waals surface area contributed by atoms with Crippen LogP contribution in [0.5, 0.6) is 5.88 Å². The number of guanidine groups is 1. The first-order valence-corrected chi connectivity index (χ1v) is 10.1. The lowest BCUT2D eigenvalue weighted by Gasteiger charge is -2.37. The number of hydrogen-bond donors (Lipinski definition) is 1. The molecule has 0 atom stereocenters. The van der Waals surface area contributed by atoms with Gasteiger partial charge in [-0.05, 0) is 36.5 Å². The van der Waals surface area contributed by atoms with E-state index in [1.807, 2.05) is 19.3 Å². The molecule has 0 spiro atoms. The minimum Gasteiger partial charge on any atom is -0.477 e. The minimum absolute atomic E-state index is 0.710. The fourth-order valence-electron chi connectivity index (χ4n) is 3.42. The lowest BCUT2D eigenvalue weighted by atomic mass is 10.2. The largest absolute Gasteiger partial charge is 0.477 e. The monoisotopic (exact) mass is 379 g/mol. The Hall–Kier alpha value is -2.76. The van der Waals surface area contributed by atoms with E-state index in [-0.39, 0.29) is 0 Å². The predicted octanol–water partition coefficient (Wildman–Crippen LogP) is 2.77. The molecule has 0 amide bonds. The Balaban J connectivity index is 1.24. The second kappa shape index (κ2) is 8.95. The minimum atomic E-state index is 0.710. The summed E-state index contributed by atoms with van der Waals surface area (Å²) < 4.78 is 5.71. The topological polar surface area (TPSA) is 53.0 Å². The van der Waals surface area contributed by atoms with Gasteiger partial charge in [0.15, 0.2) is 5.96 Å². The zero-order valence-corrected chi connectivity index (χ0v) is 16.6. The van der Waals surface area contributed by atoms with Crippen LogP contribution in [0, 0.1) is 5.92 Å². The Morgan fingerprint density at radius 1 is 1.11 bits per heavy atom. The maximum Gasteiger partial charge on any atom is 0.213 e. The number of para-hydroxylation sites is 1. The van der Waals surface area contributed by atoms with Crippen LogP contribution in [0.3, 0.4) is 0 Å². The van der Waals surface area contributed by atoms with Crippen molar-refractivity contribution in [1.82, 2.24) is 15.2 Å². The summed E-state index contributed by atoms with van der Waals surface area (Å²) >= 11 is 0. The number of aliphatic imine (C=N–C) groups is 1. The van der Waals surface area contributed by atoms with Gasteiger partial charge in [-0.1, -0.05) is 24.3 Å². The molecular formula is C22H29N5O. The first kappa shape index (κ1) is 18.6. The van der Waals surface area contributed by atoms with Crippen LogP contribution in [0.2, 0.25) is 0 Å². The second-order valence-electron chi connectivity index (χ2n) is 7.47. The van der Waals surface area contributed by atoms with E-state index >= 15 is 0 Å². The first-order valence-electron chi connectivity index (χ1n) is 10.1. The number of nitrogens with one attached hydrogen (secondary N) is 1. The van der Waals surface area contributed by atoms with E-state index in [0.717, 1.165) is 56.1 Å². The average Bonchev–Trinajstić information content (AvgIpc) is 3.59. The number of hydrogen-bond acceptors (Lipinski definition) is 4. The fourth-order valence-corrected chi connectivity index (χ4v) is 3.42. The van der Waals surface area contributed by atoms with E-state index in [1.165, 1.54) is 18.5 Å². The van der Waals surface area contributed by atoms with Gasteiger partial charge < -0.3 is 19.9 Å². The van der Waals surface area contributed by atoms with E-state index < -0.39 is 0 Å². The third-order valence-corrected chi connectivity index (χ3v) is 5.32. The van der Waals surface area contributed by atoms with Crippen molar-refractivity contribution in [3.63, 3.8) is 0 Å². The molecule has 1 aromatic heterocycles. The van der Waals surface area contributed by atoms with Crippen LogP contribution in [-0.2, 0) is 6.54 Å². The quantitative estimate of drug-likeness (QED) is 0.618. The van der Waals surface area contributed by atoms with Crippen molar-refractivity contribution in [1.29, 1.82) is 0 Å². The molecule has 1 saturated heterocycles. The van der Waals surface area contributed by atoms with Gasteiger partial charge in [0.2, 0.25) is 5.88 Å². The summed E-state index contributed by atoms with van der Waals surface area (Å²) in [7, 11) is 1.85. The Morgan fingerprint density at radius 2 is 1.89 bits per heavy atom. The molecule has 0 unspecified atom stereocenters. The standard InChI is InChI=1S/C22H29N5O/c1-23-22(27-13-11-26(12-14-27)20-5-3-2-4-6-20)25-16-19-9-10-21(24-15-19)28-17-18-7-8-18/h2-6,9-10,15,18H,7-8,11-14,16-17H2,1H3,(H,23,25). The Bertz CT molecular complexity index is 765. The van der Waals surface area contributed by atoms with E-state index in [2.05, 4.69) is 61.5 Å². The number of nitrogens with zero attached hydrogens (tertiary/aromatic N) is 4. The van der Waals surface area contributed by atoms with Gasteiger partial charge in [0.25, 0.3) is 0 Å². The molecule has 2 aromatic rings. The van der Waals surface area contributed by atoms with Gasteiger partial charge in [0, 0.05) is 57.7 Å². The van der Waals surface area contributed by atoms with Crippen LogP contribution in [0.1, 0.15) is 18.4 Å². The fraction of sp³-hybridized carbons (Fsp3) is 0.455. The average molecular weight is 380 g/mol. The lowest BCUT2D eigenvalue weighted by molar-refractivity contribution is 0.288. The van der Waals surface area contributed by atoms with Crippen molar-refractivity contribution >= 4 is 11.6 Å². The van der Waals surface area contributed by atoms with Crippen LogP contribution >= 0.6 is 0 Å². The molecule has 2 fully saturated rings. The van der Waals surface area contributed by atoms with Crippen LogP contribution < -0.4 is 15.0 Å². The highest BCUT2D eigenvalue weighted by Crippen LogP contribution is 2.29. The molecule has 6 nitrogen and oxygen atoms in total. The summed E-state index contributed by atoms with van der Waals surface area (Å²) in [4.78, 5) is 13.6.